The Morgan fingerprint density at radius 1 is 1.07 bits per heavy atom. The van der Waals surface area contributed by atoms with Gasteiger partial charge in [0.2, 0.25) is 0 Å². The smallest absolute Gasteiger partial charge is 0.153 e. The first-order valence-corrected chi connectivity index (χ1v) is 8.38. The predicted octanol–water partition coefficient (Wildman–Crippen LogP) is 2.94. The molecule has 27 heavy (non-hydrogen) atoms. The van der Waals surface area contributed by atoms with E-state index in [9.17, 15) is 13.9 Å². The van der Waals surface area contributed by atoms with E-state index in [-0.39, 0.29) is 18.7 Å². The van der Waals surface area contributed by atoms with Gasteiger partial charge >= 0.3 is 0 Å². The number of hydrazone groups is 1. The van der Waals surface area contributed by atoms with Gasteiger partial charge in [-0.3, -0.25) is 5.10 Å². The molecule has 4 rings (SSSR count). The van der Waals surface area contributed by atoms with Crippen molar-refractivity contribution < 1.29 is 13.9 Å². The van der Waals surface area contributed by atoms with Gasteiger partial charge in [-0.25, -0.2) is 13.8 Å². The Kier molecular flexibility index (Phi) is 4.55. The molecule has 0 saturated carbocycles. The highest BCUT2D eigenvalue weighted by Crippen LogP contribution is 2.25. The van der Waals surface area contributed by atoms with E-state index in [0.29, 0.717) is 12.5 Å². The first-order chi connectivity index (χ1) is 13.1. The second-order valence-corrected chi connectivity index (χ2v) is 6.18. The molecule has 0 amide bonds. The summed E-state index contributed by atoms with van der Waals surface area (Å²) < 4.78 is 27.4. The van der Waals surface area contributed by atoms with E-state index >= 15 is 0 Å². The number of hydrogen-bond donors (Lipinski definition) is 2. The van der Waals surface area contributed by atoms with Crippen molar-refractivity contribution in [3.63, 3.8) is 0 Å². The Hall–Kier alpha value is -3.26. The number of nitrogens with zero attached hydrogens (tertiary/aromatic N) is 4. The molecule has 0 saturated heterocycles. The third-order valence-corrected chi connectivity index (χ3v) is 4.41. The molecule has 1 aliphatic rings. The van der Waals surface area contributed by atoms with Crippen molar-refractivity contribution in [1.82, 2.24) is 15.1 Å². The van der Waals surface area contributed by atoms with Crippen LogP contribution in [0.15, 0.2) is 60.0 Å². The van der Waals surface area contributed by atoms with Gasteiger partial charge in [0.15, 0.2) is 5.84 Å². The van der Waals surface area contributed by atoms with Gasteiger partial charge in [0.1, 0.15) is 24.9 Å². The van der Waals surface area contributed by atoms with Gasteiger partial charge < -0.3 is 10.0 Å². The molecular formula is C19H17F2N5O. The zero-order chi connectivity index (χ0) is 18.8. The van der Waals surface area contributed by atoms with E-state index in [1.54, 1.807) is 16.1 Å². The summed E-state index contributed by atoms with van der Waals surface area (Å²) in [7, 11) is 0. The van der Waals surface area contributed by atoms with Gasteiger partial charge in [-0.1, -0.05) is 12.1 Å². The standard InChI is InChI=1S/C19H17F2N5O/c20-16-3-6-18(21)14(7-16)10-25-12-26(24-19(25)11-27)17-4-1-13(2-5-17)15-8-22-23-9-15/h1-9,27H,10-12H2,(H,22,23). The van der Waals surface area contributed by atoms with Crippen LogP contribution in [-0.2, 0) is 6.54 Å². The highest BCUT2D eigenvalue weighted by molar-refractivity contribution is 5.86. The molecule has 3 aromatic rings. The van der Waals surface area contributed by atoms with E-state index in [4.69, 9.17) is 0 Å². The quantitative estimate of drug-likeness (QED) is 0.726. The van der Waals surface area contributed by atoms with Crippen LogP contribution in [0.5, 0.6) is 0 Å². The molecule has 2 aromatic carbocycles. The number of aromatic nitrogens is 2. The molecule has 0 unspecified atom stereocenters. The summed E-state index contributed by atoms with van der Waals surface area (Å²) in [5.41, 5.74) is 3.03. The average Bonchev–Trinajstić information content (AvgIpc) is 3.35. The lowest BCUT2D eigenvalue weighted by molar-refractivity contribution is 0.325. The fourth-order valence-corrected chi connectivity index (χ4v) is 2.99. The fourth-order valence-electron chi connectivity index (χ4n) is 2.99. The Morgan fingerprint density at radius 2 is 1.89 bits per heavy atom. The van der Waals surface area contributed by atoms with Gasteiger partial charge in [-0.05, 0) is 35.9 Å². The minimum absolute atomic E-state index is 0.118. The summed E-state index contributed by atoms with van der Waals surface area (Å²) in [6.07, 6.45) is 3.55. The molecule has 8 heteroatoms. The van der Waals surface area contributed by atoms with Crippen LogP contribution in [0.2, 0.25) is 0 Å². The molecule has 0 aliphatic carbocycles. The third-order valence-electron chi connectivity index (χ3n) is 4.41. The average molecular weight is 369 g/mol. The number of benzene rings is 2. The number of amidine groups is 1. The molecule has 138 valence electrons. The van der Waals surface area contributed by atoms with Crippen LogP contribution in [0, 0.1) is 11.6 Å². The molecule has 0 spiro atoms. The number of nitrogens with one attached hydrogen (secondary N) is 1. The van der Waals surface area contributed by atoms with Crippen LogP contribution >= 0.6 is 0 Å². The number of aliphatic hydroxyl groups is 1. The zero-order valence-corrected chi connectivity index (χ0v) is 14.3. The Morgan fingerprint density at radius 3 is 2.59 bits per heavy atom. The highest BCUT2D eigenvalue weighted by Gasteiger charge is 2.24. The minimum atomic E-state index is -0.500. The van der Waals surface area contributed by atoms with Crippen LogP contribution in [0.3, 0.4) is 0 Å². The Labute approximate surface area is 154 Å². The van der Waals surface area contributed by atoms with Crippen molar-refractivity contribution >= 4 is 11.5 Å². The molecular weight excluding hydrogens is 352 g/mol. The maximum atomic E-state index is 13.9. The number of aliphatic hydroxyl groups excluding tert-OH is 1. The summed E-state index contributed by atoms with van der Waals surface area (Å²) in [6, 6.07) is 11.1. The van der Waals surface area contributed by atoms with E-state index in [1.807, 2.05) is 30.5 Å². The third kappa shape index (κ3) is 3.52. The van der Waals surface area contributed by atoms with Crippen LogP contribution in [0.25, 0.3) is 11.1 Å². The highest BCUT2D eigenvalue weighted by atomic mass is 19.1. The van der Waals surface area contributed by atoms with E-state index in [2.05, 4.69) is 15.3 Å². The number of halogens is 2. The summed E-state index contributed by atoms with van der Waals surface area (Å²) in [4.78, 5) is 1.71. The van der Waals surface area contributed by atoms with Crippen molar-refractivity contribution in [1.29, 1.82) is 0 Å². The minimum Gasteiger partial charge on any atom is -0.388 e. The van der Waals surface area contributed by atoms with E-state index in [1.165, 1.54) is 0 Å². The number of rotatable bonds is 5. The normalized spacial score (nSPS) is 14.0. The second kappa shape index (κ2) is 7.16. The lowest BCUT2D eigenvalue weighted by Gasteiger charge is -2.21. The maximum Gasteiger partial charge on any atom is 0.153 e. The van der Waals surface area contributed by atoms with Gasteiger partial charge in [0, 0.05) is 23.9 Å². The van der Waals surface area contributed by atoms with Crippen molar-refractivity contribution in [2.75, 3.05) is 18.3 Å². The molecule has 0 fully saturated rings. The number of H-pyrrole nitrogens is 1. The molecule has 1 aliphatic heterocycles. The molecule has 0 bridgehead atoms. The molecule has 1 aromatic heterocycles. The van der Waals surface area contributed by atoms with Crippen molar-refractivity contribution in [2.45, 2.75) is 6.54 Å². The zero-order valence-electron chi connectivity index (χ0n) is 14.3. The van der Waals surface area contributed by atoms with Crippen molar-refractivity contribution in [3.05, 3.63) is 72.1 Å². The molecule has 0 radical (unpaired) electrons. The topological polar surface area (TPSA) is 67.8 Å². The van der Waals surface area contributed by atoms with E-state index in [0.717, 1.165) is 35.0 Å². The van der Waals surface area contributed by atoms with Crippen LogP contribution in [-0.4, -0.2) is 39.3 Å². The molecule has 6 nitrogen and oxygen atoms in total. The van der Waals surface area contributed by atoms with Gasteiger partial charge in [-0.15, -0.1) is 0 Å². The first kappa shape index (κ1) is 17.2. The summed E-state index contributed by atoms with van der Waals surface area (Å²) in [5, 5.41) is 22.4. The van der Waals surface area contributed by atoms with Crippen LogP contribution in [0.1, 0.15) is 5.56 Å². The maximum absolute atomic E-state index is 13.9. The predicted molar refractivity (Wildman–Crippen MR) is 97.8 cm³/mol. The van der Waals surface area contributed by atoms with Crippen molar-refractivity contribution in [2.24, 2.45) is 5.10 Å². The van der Waals surface area contributed by atoms with Crippen LogP contribution < -0.4 is 5.01 Å². The lowest BCUT2D eigenvalue weighted by atomic mass is 10.1. The van der Waals surface area contributed by atoms with Gasteiger partial charge in [0.05, 0.1) is 11.9 Å². The summed E-state index contributed by atoms with van der Waals surface area (Å²) in [5.74, 6) is -0.589. The van der Waals surface area contributed by atoms with E-state index < -0.39 is 11.6 Å². The Bertz CT molecular complexity index is 957. The monoisotopic (exact) mass is 369 g/mol. The molecule has 2 N–H and O–H groups in total. The summed E-state index contributed by atoms with van der Waals surface area (Å²) >= 11 is 0. The number of hydrogen-bond acceptors (Lipinski definition) is 5. The van der Waals surface area contributed by atoms with Gasteiger partial charge in [-0.2, -0.15) is 10.2 Å². The first-order valence-electron chi connectivity index (χ1n) is 8.38. The fraction of sp³-hybridized carbons (Fsp3) is 0.158. The van der Waals surface area contributed by atoms with Gasteiger partial charge in [0.25, 0.3) is 0 Å². The summed E-state index contributed by atoms with van der Waals surface area (Å²) in [6.45, 7) is 0.157. The SMILES string of the molecule is OCC1=NN(c2ccc(-c3cn[nH]c3)cc2)CN1Cc1cc(F)ccc1F. The van der Waals surface area contributed by atoms with Crippen molar-refractivity contribution in [3.8, 4) is 11.1 Å². The Balaban J connectivity index is 1.52. The molecule has 2 heterocycles. The second-order valence-electron chi connectivity index (χ2n) is 6.18. The van der Waals surface area contributed by atoms with Crippen LogP contribution in [0.4, 0.5) is 14.5 Å². The lowest BCUT2D eigenvalue weighted by Crippen LogP contribution is -2.32. The number of aromatic amines is 1. The number of anilines is 1. The largest absolute Gasteiger partial charge is 0.388 e. The molecule has 0 atom stereocenters.